The van der Waals surface area contributed by atoms with Crippen LogP contribution in [-0.2, 0) is 6.54 Å². The van der Waals surface area contributed by atoms with Crippen LogP contribution in [0.25, 0.3) is 0 Å². The van der Waals surface area contributed by atoms with Gasteiger partial charge in [-0.3, -0.25) is 4.98 Å². The number of hydrogen-bond donors (Lipinski definition) is 2. The van der Waals surface area contributed by atoms with Gasteiger partial charge in [0.25, 0.3) is 0 Å². The molecule has 0 aliphatic carbocycles. The third-order valence-corrected chi connectivity index (χ3v) is 1.57. The Balaban J connectivity index is 2.37. The van der Waals surface area contributed by atoms with Crippen molar-refractivity contribution in [2.45, 2.75) is 6.54 Å². The van der Waals surface area contributed by atoms with Gasteiger partial charge in [0.05, 0.1) is 11.9 Å². The molecule has 0 fully saturated rings. The summed E-state index contributed by atoms with van der Waals surface area (Å²) in [6, 6.07) is 3.35. The summed E-state index contributed by atoms with van der Waals surface area (Å²) < 4.78 is 0. The normalized spacial score (nSPS) is 9.92. The third-order valence-electron chi connectivity index (χ3n) is 1.43. The van der Waals surface area contributed by atoms with Gasteiger partial charge in [-0.1, -0.05) is 18.2 Å². The van der Waals surface area contributed by atoms with Crippen molar-refractivity contribution in [1.29, 1.82) is 0 Å². The van der Waals surface area contributed by atoms with E-state index in [1.54, 1.807) is 12.1 Å². The van der Waals surface area contributed by atoms with Gasteiger partial charge in [-0.05, 0) is 12.1 Å². The molecule has 0 bridgehead atoms. The fraction of sp³-hybridized carbons (Fsp3) is 0.222. The molecule has 0 aromatic carbocycles. The molecule has 3 nitrogen and oxygen atoms in total. The van der Waals surface area contributed by atoms with Crippen molar-refractivity contribution in [2.24, 2.45) is 0 Å². The van der Waals surface area contributed by atoms with Gasteiger partial charge in [-0.25, -0.2) is 0 Å². The van der Waals surface area contributed by atoms with Crippen LogP contribution >= 0.6 is 11.6 Å². The number of pyridine rings is 1. The lowest BCUT2D eigenvalue weighted by atomic mass is 10.3. The van der Waals surface area contributed by atoms with Crippen LogP contribution < -0.4 is 5.32 Å². The van der Waals surface area contributed by atoms with Gasteiger partial charge in [0, 0.05) is 18.1 Å². The number of rotatable bonds is 4. The SMILES string of the molecule is C=C(Cl)CNCc1ccc(O)cn1. The molecule has 0 aliphatic rings. The predicted octanol–water partition coefficient (Wildman–Crippen LogP) is 1.63. The average molecular weight is 199 g/mol. The van der Waals surface area contributed by atoms with Crippen molar-refractivity contribution in [3.63, 3.8) is 0 Å². The summed E-state index contributed by atoms with van der Waals surface area (Å²) in [6.45, 7) is 4.72. The molecule has 1 heterocycles. The van der Waals surface area contributed by atoms with Gasteiger partial charge >= 0.3 is 0 Å². The van der Waals surface area contributed by atoms with E-state index >= 15 is 0 Å². The Kier molecular flexibility index (Phi) is 3.73. The van der Waals surface area contributed by atoms with Crippen LogP contribution in [0.15, 0.2) is 29.9 Å². The lowest BCUT2D eigenvalue weighted by molar-refractivity contribution is 0.472. The van der Waals surface area contributed by atoms with Crippen LogP contribution in [-0.4, -0.2) is 16.6 Å². The van der Waals surface area contributed by atoms with Crippen LogP contribution in [0.5, 0.6) is 5.75 Å². The summed E-state index contributed by atoms with van der Waals surface area (Å²) in [7, 11) is 0. The third kappa shape index (κ3) is 3.92. The minimum atomic E-state index is 0.172. The van der Waals surface area contributed by atoms with Crippen LogP contribution in [0.1, 0.15) is 5.69 Å². The Bertz CT molecular complexity index is 284. The Morgan fingerprint density at radius 1 is 1.62 bits per heavy atom. The van der Waals surface area contributed by atoms with Gasteiger partial charge in [0.1, 0.15) is 5.75 Å². The largest absolute Gasteiger partial charge is 0.506 e. The van der Waals surface area contributed by atoms with Crippen molar-refractivity contribution in [1.82, 2.24) is 10.3 Å². The lowest BCUT2D eigenvalue weighted by Crippen LogP contribution is -2.15. The van der Waals surface area contributed by atoms with Crippen molar-refractivity contribution < 1.29 is 5.11 Å². The molecule has 2 N–H and O–H groups in total. The maximum Gasteiger partial charge on any atom is 0.133 e. The molecular weight excluding hydrogens is 188 g/mol. The van der Waals surface area contributed by atoms with Gasteiger partial charge in [0.15, 0.2) is 0 Å². The lowest BCUT2D eigenvalue weighted by Gasteiger charge is -2.02. The molecular formula is C9H11ClN2O. The minimum Gasteiger partial charge on any atom is -0.506 e. The van der Waals surface area contributed by atoms with Gasteiger partial charge in [-0.15, -0.1) is 0 Å². The van der Waals surface area contributed by atoms with Crippen molar-refractivity contribution in [3.05, 3.63) is 35.6 Å². The predicted molar refractivity (Wildman–Crippen MR) is 52.6 cm³/mol. The highest BCUT2D eigenvalue weighted by Gasteiger charge is 1.94. The van der Waals surface area contributed by atoms with E-state index in [2.05, 4.69) is 16.9 Å². The molecule has 1 aromatic rings. The molecule has 0 amide bonds. The maximum atomic E-state index is 8.95. The molecule has 0 aliphatic heterocycles. The first-order chi connectivity index (χ1) is 6.18. The molecule has 4 heteroatoms. The minimum absolute atomic E-state index is 0.172. The van der Waals surface area contributed by atoms with Crippen LogP contribution in [0.3, 0.4) is 0 Å². The summed E-state index contributed by atoms with van der Waals surface area (Å²) in [4.78, 5) is 3.99. The summed E-state index contributed by atoms with van der Waals surface area (Å²) in [5.41, 5.74) is 0.857. The number of nitrogens with zero attached hydrogens (tertiary/aromatic N) is 1. The van der Waals surface area contributed by atoms with E-state index < -0.39 is 0 Å². The first-order valence-corrected chi connectivity index (χ1v) is 4.24. The molecule has 1 rings (SSSR count). The highest BCUT2D eigenvalue weighted by atomic mass is 35.5. The standard InChI is InChI=1S/C9H11ClN2O/c1-7(10)4-11-5-8-2-3-9(13)6-12-8/h2-3,6,11,13H,1,4-5H2. The first-order valence-electron chi connectivity index (χ1n) is 3.86. The summed E-state index contributed by atoms with van der Waals surface area (Å²) in [6.07, 6.45) is 1.41. The second-order valence-corrected chi connectivity index (χ2v) is 3.16. The van der Waals surface area contributed by atoms with Gasteiger partial charge in [0.2, 0.25) is 0 Å². The molecule has 1 aromatic heterocycles. The fourth-order valence-electron chi connectivity index (χ4n) is 0.847. The maximum absolute atomic E-state index is 8.95. The van der Waals surface area contributed by atoms with E-state index in [1.165, 1.54) is 6.20 Å². The number of aromatic hydroxyl groups is 1. The quantitative estimate of drug-likeness (QED) is 0.773. The Labute approximate surface area is 82.1 Å². The molecule has 0 radical (unpaired) electrons. The molecule has 0 saturated carbocycles. The topological polar surface area (TPSA) is 45.1 Å². The van der Waals surface area contributed by atoms with E-state index in [9.17, 15) is 0 Å². The second kappa shape index (κ2) is 4.84. The smallest absolute Gasteiger partial charge is 0.133 e. The second-order valence-electron chi connectivity index (χ2n) is 2.63. The van der Waals surface area contributed by atoms with Crippen LogP contribution in [0, 0.1) is 0 Å². The highest BCUT2D eigenvalue weighted by molar-refractivity contribution is 6.29. The summed E-state index contributed by atoms with van der Waals surface area (Å²) >= 11 is 5.55. The Morgan fingerprint density at radius 2 is 2.38 bits per heavy atom. The van der Waals surface area contributed by atoms with Gasteiger partial charge < -0.3 is 10.4 Å². The molecule has 0 unspecified atom stereocenters. The number of hydrogen-bond acceptors (Lipinski definition) is 3. The molecule has 13 heavy (non-hydrogen) atoms. The molecule has 70 valence electrons. The fourth-order valence-corrected chi connectivity index (χ4v) is 0.942. The van der Waals surface area contributed by atoms with Crippen LogP contribution in [0.4, 0.5) is 0 Å². The first kappa shape index (κ1) is 10.0. The van der Waals surface area contributed by atoms with Crippen molar-refractivity contribution in [3.8, 4) is 5.75 Å². The van der Waals surface area contributed by atoms with Gasteiger partial charge in [-0.2, -0.15) is 0 Å². The zero-order valence-corrected chi connectivity index (χ0v) is 7.88. The van der Waals surface area contributed by atoms with E-state index in [4.69, 9.17) is 16.7 Å². The van der Waals surface area contributed by atoms with Crippen molar-refractivity contribution in [2.75, 3.05) is 6.54 Å². The van der Waals surface area contributed by atoms with E-state index in [1.807, 2.05) is 0 Å². The Hall–Kier alpha value is -1.06. The van der Waals surface area contributed by atoms with E-state index in [-0.39, 0.29) is 5.75 Å². The molecule has 0 atom stereocenters. The van der Waals surface area contributed by atoms with Crippen LogP contribution in [0.2, 0.25) is 0 Å². The average Bonchev–Trinajstić information content (AvgIpc) is 2.08. The molecule has 0 spiro atoms. The van der Waals surface area contributed by atoms with Crippen molar-refractivity contribution >= 4 is 11.6 Å². The number of halogens is 1. The monoisotopic (exact) mass is 198 g/mol. The van der Waals surface area contributed by atoms with E-state index in [0.29, 0.717) is 18.1 Å². The molecule has 0 saturated heterocycles. The highest BCUT2D eigenvalue weighted by Crippen LogP contribution is 2.05. The zero-order chi connectivity index (χ0) is 9.68. The zero-order valence-electron chi connectivity index (χ0n) is 7.13. The Morgan fingerprint density at radius 3 is 2.92 bits per heavy atom. The number of aromatic nitrogens is 1. The summed E-state index contributed by atoms with van der Waals surface area (Å²) in [5.74, 6) is 0.172. The van der Waals surface area contributed by atoms with E-state index in [0.717, 1.165) is 5.69 Å². The number of nitrogens with one attached hydrogen (secondary N) is 1. The summed E-state index contributed by atoms with van der Waals surface area (Å²) in [5, 5.41) is 12.6.